The summed E-state index contributed by atoms with van der Waals surface area (Å²) in [4.78, 5) is 10.9. The molecular weight excluding hydrogens is 216 g/mol. The van der Waals surface area contributed by atoms with Crippen LogP contribution in [0.2, 0.25) is 0 Å². The predicted molar refractivity (Wildman–Crippen MR) is 67.6 cm³/mol. The topological polar surface area (TPSA) is 46.5 Å². The molecular formula is C14H26O3. The van der Waals surface area contributed by atoms with Gasteiger partial charge in [-0.15, -0.1) is 0 Å². The highest BCUT2D eigenvalue weighted by atomic mass is 16.6. The zero-order valence-electron chi connectivity index (χ0n) is 11.5. The fraction of sp³-hybridized carbons (Fsp3) is 0.929. The van der Waals surface area contributed by atoms with E-state index >= 15 is 0 Å². The minimum absolute atomic E-state index is 0.286. The van der Waals surface area contributed by atoms with Crippen molar-refractivity contribution in [3.63, 3.8) is 0 Å². The maximum absolute atomic E-state index is 10.9. The van der Waals surface area contributed by atoms with E-state index in [2.05, 4.69) is 20.8 Å². The lowest BCUT2D eigenvalue weighted by molar-refractivity contribution is -0.156. The standard InChI is InChI=1S/C14H26O3/c1-10(15)17-13-9-11(5-6-12(13)16)7-8-14(2,3)4/h11-13,16H,5-9H2,1-4H3. The maximum Gasteiger partial charge on any atom is 0.302 e. The molecule has 100 valence electrons. The average Bonchev–Trinajstić information content (AvgIpc) is 2.17. The number of hydrogen-bond donors (Lipinski definition) is 1. The number of hydrogen-bond acceptors (Lipinski definition) is 3. The van der Waals surface area contributed by atoms with E-state index in [-0.39, 0.29) is 12.1 Å². The highest BCUT2D eigenvalue weighted by Gasteiger charge is 2.31. The quantitative estimate of drug-likeness (QED) is 0.774. The third-order valence-corrected chi connectivity index (χ3v) is 3.49. The SMILES string of the molecule is CC(=O)OC1CC(CCC(C)(C)C)CCC1O. The number of aliphatic hydroxyl groups is 1. The Balaban J connectivity index is 2.41. The van der Waals surface area contributed by atoms with Crippen molar-refractivity contribution >= 4 is 5.97 Å². The molecule has 0 spiro atoms. The van der Waals surface area contributed by atoms with Gasteiger partial charge in [0.15, 0.2) is 0 Å². The van der Waals surface area contributed by atoms with Crippen LogP contribution in [0.15, 0.2) is 0 Å². The first kappa shape index (κ1) is 14.5. The van der Waals surface area contributed by atoms with Crippen LogP contribution in [0.1, 0.15) is 59.8 Å². The van der Waals surface area contributed by atoms with Gasteiger partial charge in [-0.25, -0.2) is 0 Å². The number of carbonyl (C=O) groups is 1. The van der Waals surface area contributed by atoms with E-state index in [4.69, 9.17) is 4.74 Å². The zero-order valence-corrected chi connectivity index (χ0v) is 11.5. The number of aliphatic hydroxyl groups excluding tert-OH is 1. The van der Waals surface area contributed by atoms with Gasteiger partial charge in [-0.1, -0.05) is 20.8 Å². The van der Waals surface area contributed by atoms with Gasteiger partial charge < -0.3 is 9.84 Å². The molecule has 0 saturated heterocycles. The molecule has 0 aromatic rings. The summed E-state index contributed by atoms with van der Waals surface area (Å²) in [5, 5.41) is 9.79. The van der Waals surface area contributed by atoms with Crippen LogP contribution in [0, 0.1) is 11.3 Å². The molecule has 1 N–H and O–H groups in total. The summed E-state index contributed by atoms with van der Waals surface area (Å²) < 4.78 is 5.18. The van der Waals surface area contributed by atoms with Crippen molar-refractivity contribution in [3.05, 3.63) is 0 Å². The van der Waals surface area contributed by atoms with Crippen molar-refractivity contribution in [1.29, 1.82) is 0 Å². The van der Waals surface area contributed by atoms with Crippen LogP contribution in [0.25, 0.3) is 0 Å². The summed E-state index contributed by atoms with van der Waals surface area (Å²) in [6.45, 7) is 8.14. The molecule has 0 aromatic heterocycles. The minimum atomic E-state index is -0.468. The molecule has 0 amide bonds. The second-order valence-corrected chi connectivity index (χ2v) is 6.49. The van der Waals surface area contributed by atoms with Crippen LogP contribution in [-0.4, -0.2) is 23.3 Å². The number of esters is 1. The molecule has 1 saturated carbocycles. The van der Waals surface area contributed by atoms with Crippen LogP contribution in [0.4, 0.5) is 0 Å². The summed E-state index contributed by atoms with van der Waals surface area (Å²) >= 11 is 0. The Morgan fingerprint density at radius 3 is 2.53 bits per heavy atom. The summed E-state index contributed by atoms with van der Waals surface area (Å²) in [5.41, 5.74) is 0.354. The number of rotatable bonds is 3. The Morgan fingerprint density at radius 1 is 1.35 bits per heavy atom. The van der Waals surface area contributed by atoms with Gasteiger partial charge in [-0.2, -0.15) is 0 Å². The van der Waals surface area contributed by atoms with E-state index in [1.807, 2.05) is 0 Å². The van der Waals surface area contributed by atoms with Gasteiger partial charge in [0, 0.05) is 6.92 Å². The second kappa shape index (κ2) is 5.85. The van der Waals surface area contributed by atoms with Crippen LogP contribution >= 0.6 is 0 Å². The third kappa shape index (κ3) is 5.53. The van der Waals surface area contributed by atoms with Crippen LogP contribution in [0.5, 0.6) is 0 Å². The van der Waals surface area contributed by atoms with E-state index in [0.29, 0.717) is 11.3 Å². The molecule has 17 heavy (non-hydrogen) atoms. The molecule has 0 heterocycles. The van der Waals surface area contributed by atoms with Crippen molar-refractivity contribution in [2.75, 3.05) is 0 Å². The van der Waals surface area contributed by atoms with E-state index in [9.17, 15) is 9.90 Å². The highest BCUT2D eigenvalue weighted by molar-refractivity contribution is 5.66. The summed E-state index contributed by atoms with van der Waals surface area (Å²) in [5.74, 6) is 0.299. The Kier molecular flexibility index (Phi) is 4.99. The molecule has 1 fully saturated rings. The van der Waals surface area contributed by atoms with Crippen molar-refractivity contribution in [1.82, 2.24) is 0 Å². The zero-order chi connectivity index (χ0) is 13.1. The molecule has 0 bridgehead atoms. The van der Waals surface area contributed by atoms with Gasteiger partial charge in [-0.05, 0) is 43.4 Å². The predicted octanol–water partition coefficient (Wildman–Crippen LogP) is 2.91. The number of ether oxygens (including phenoxy) is 1. The average molecular weight is 242 g/mol. The molecule has 3 atom stereocenters. The Bertz CT molecular complexity index is 255. The van der Waals surface area contributed by atoms with Crippen LogP contribution < -0.4 is 0 Å². The van der Waals surface area contributed by atoms with E-state index in [1.165, 1.54) is 13.3 Å². The van der Waals surface area contributed by atoms with Crippen molar-refractivity contribution < 1.29 is 14.6 Å². The first-order valence-electron chi connectivity index (χ1n) is 6.63. The molecule has 1 aliphatic carbocycles. The van der Waals surface area contributed by atoms with Gasteiger partial charge in [-0.3, -0.25) is 4.79 Å². The van der Waals surface area contributed by atoms with Gasteiger partial charge >= 0.3 is 5.97 Å². The fourth-order valence-corrected chi connectivity index (χ4v) is 2.43. The molecule has 3 nitrogen and oxygen atoms in total. The van der Waals surface area contributed by atoms with E-state index < -0.39 is 6.10 Å². The van der Waals surface area contributed by atoms with Crippen LogP contribution in [-0.2, 0) is 9.53 Å². The van der Waals surface area contributed by atoms with E-state index in [0.717, 1.165) is 25.7 Å². The lowest BCUT2D eigenvalue weighted by Crippen LogP contribution is -2.37. The van der Waals surface area contributed by atoms with Crippen LogP contribution in [0.3, 0.4) is 0 Å². The largest absolute Gasteiger partial charge is 0.460 e. The van der Waals surface area contributed by atoms with Gasteiger partial charge in [0.05, 0.1) is 6.10 Å². The van der Waals surface area contributed by atoms with Crippen molar-refractivity contribution in [3.8, 4) is 0 Å². The molecule has 1 rings (SSSR count). The number of carbonyl (C=O) groups excluding carboxylic acids is 1. The monoisotopic (exact) mass is 242 g/mol. The van der Waals surface area contributed by atoms with E-state index in [1.54, 1.807) is 0 Å². The Labute approximate surface area is 105 Å². The normalized spacial score (nSPS) is 30.1. The van der Waals surface area contributed by atoms with Gasteiger partial charge in [0.25, 0.3) is 0 Å². The summed E-state index contributed by atoms with van der Waals surface area (Å²) in [6.07, 6.45) is 4.21. The second-order valence-electron chi connectivity index (χ2n) is 6.49. The molecule has 0 aromatic carbocycles. The highest BCUT2D eigenvalue weighted by Crippen LogP contribution is 2.33. The summed E-state index contributed by atoms with van der Waals surface area (Å²) in [6, 6.07) is 0. The van der Waals surface area contributed by atoms with Crippen molar-refractivity contribution in [2.45, 2.75) is 72.0 Å². The minimum Gasteiger partial charge on any atom is -0.460 e. The maximum atomic E-state index is 10.9. The van der Waals surface area contributed by atoms with Gasteiger partial charge in [0.1, 0.15) is 6.10 Å². The molecule has 1 aliphatic rings. The van der Waals surface area contributed by atoms with Gasteiger partial charge in [0.2, 0.25) is 0 Å². The third-order valence-electron chi connectivity index (χ3n) is 3.49. The molecule has 3 unspecified atom stereocenters. The lowest BCUT2D eigenvalue weighted by atomic mass is 9.79. The molecule has 0 radical (unpaired) electrons. The van der Waals surface area contributed by atoms with Crippen molar-refractivity contribution in [2.24, 2.45) is 11.3 Å². The Morgan fingerprint density at radius 2 is 2.00 bits per heavy atom. The smallest absolute Gasteiger partial charge is 0.302 e. The fourth-order valence-electron chi connectivity index (χ4n) is 2.43. The lowest BCUT2D eigenvalue weighted by Gasteiger charge is -2.33. The first-order valence-corrected chi connectivity index (χ1v) is 6.63. The first-order chi connectivity index (χ1) is 7.78. The molecule has 0 aliphatic heterocycles. The molecule has 3 heteroatoms. The Hall–Kier alpha value is -0.570. The summed E-state index contributed by atoms with van der Waals surface area (Å²) in [7, 11) is 0.